The minimum absolute atomic E-state index is 0.0145. The van der Waals surface area contributed by atoms with E-state index in [4.69, 9.17) is 17.0 Å². The van der Waals surface area contributed by atoms with Crippen molar-refractivity contribution in [3.05, 3.63) is 77.8 Å². The van der Waals surface area contributed by atoms with Gasteiger partial charge in [-0.1, -0.05) is 24.3 Å². The Balaban J connectivity index is 1.51. The third kappa shape index (κ3) is 5.67. The van der Waals surface area contributed by atoms with Crippen molar-refractivity contribution in [2.45, 2.75) is 39.1 Å². The lowest BCUT2D eigenvalue weighted by molar-refractivity contribution is 0.0400. The normalized spacial score (nSPS) is 13.8. The number of likely N-dealkylation sites (tertiary alicyclic amines) is 1. The molecule has 5 rings (SSSR count). The fourth-order valence-corrected chi connectivity index (χ4v) is 4.45. The van der Waals surface area contributed by atoms with Crippen LogP contribution in [0.1, 0.15) is 36.9 Å². The predicted octanol–water partition coefficient (Wildman–Crippen LogP) is 5.52. The second kappa shape index (κ2) is 10.2. The highest BCUT2D eigenvalue weighted by atomic mass is 19.1. The summed E-state index contributed by atoms with van der Waals surface area (Å²) in [5.74, 6) is -0.217. The van der Waals surface area contributed by atoms with E-state index < -0.39 is 17.9 Å². The number of amides is 2. The Morgan fingerprint density at radius 1 is 1.03 bits per heavy atom. The number of furan rings is 1. The molecule has 2 radical (unpaired) electrons. The first-order chi connectivity index (χ1) is 18.5. The monoisotopic (exact) mass is 528 g/mol. The number of carbonyl (C=O) groups excluding carboxylic acids is 2. The molecule has 0 atom stereocenters. The van der Waals surface area contributed by atoms with Gasteiger partial charge in [-0.2, -0.15) is 0 Å². The molecule has 6 nitrogen and oxygen atoms in total. The number of rotatable bonds is 5. The summed E-state index contributed by atoms with van der Waals surface area (Å²) in [5.41, 5.74) is 3.70. The molecule has 1 N–H and O–H groups in total. The topological polar surface area (TPSA) is 71.8 Å². The van der Waals surface area contributed by atoms with Crippen LogP contribution in [-0.2, 0) is 11.3 Å². The molecule has 2 amide bonds. The van der Waals surface area contributed by atoms with Crippen molar-refractivity contribution >= 4 is 36.3 Å². The van der Waals surface area contributed by atoms with E-state index in [9.17, 15) is 18.4 Å². The molecule has 9 heteroatoms. The molecular weight excluding hydrogens is 501 g/mol. The Hall–Kier alpha value is -4.14. The van der Waals surface area contributed by atoms with Crippen molar-refractivity contribution in [3.8, 4) is 22.3 Å². The molecule has 2 heterocycles. The summed E-state index contributed by atoms with van der Waals surface area (Å²) in [7, 11) is 6.47. The number of halogens is 2. The highest BCUT2D eigenvalue weighted by Crippen LogP contribution is 2.35. The van der Waals surface area contributed by atoms with Crippen molar-refractivity contribution in [1.82, 2.24) is 10.2 Å². The Morgan fingerprint density at radius 2 is 1.67 bits per heavy atom. The van der Waals surface area contributed by atoms with Gasteiger partial charge in [0.25, 0.3) is 5.91 Å². The second-order valence-corrected chi connectivity index (χ2v) is 10.6. The van der Waals surface area contributed by atoms with Crippen LogP contribution in [0.2, 0.25) is 0 Å². The number of alkyl carbamates (subject to hydrolysis) is 1. The third-order valence-electron chi connectivity index (χ3n) is 6.44. The lowest BCUT2D eigenvalue weighted by Gasteiger charge is -2.34. The Morgan fingerprint density at radius 3 is 2.28 bits per heavy atom. The van der Waals surface area contributed by atoms with E-state index >= 15 is 0 Å². The number of carbonyl (C=O) groups is 2. The minimum Gasteiger partial charge on any atom is -0.459 e. The van der Waals surface area contributed by atoms with Gasteiger partial charge in [-0.25, -0.2) is 13.6 Å². The number of alkyl halides is 1. The largest absolute Gasteiger partial charge is 0.459 e. The van der Waals surface area contributed by atoms with Crippen LogP contribution < -0.4 is 10.8 Å². The maximum Gasteiger partial charge on any atom is 0.408 e. The van der Waals surface area contributed by atoms with E-state index in [0.29, 0.717) is 38.9 Å². The Kier molecular flexibility index (Phi) is 6.93. The van der Waals surface area contributed by atoms with Crippen molar-refractivity contribution in [1.29, 1.82) is 0 Å². The number of hydrogen-bond acceptors (Lipinski definition) is 4. The van der Waals surface area contributed by atoms with E-state index in [0.717, 1.165) is 11.1 Å². The van der Waals surface area contributed by atoms with E-state index in [1.165, 1.54) is 17.0 Å². The van der Waals surface area contributed by atoms with Gasteiger partial charge >= 0.3 is 6.09 Å². The van der Waals surface area contributed by atoms with Gasteiger partial charge < -0.3 is 19.4 Å². The van der Waals surface area contributed by atoms with Crippen LogP contribution >= 0.6 is 0 Å². The summed E-state index contributed by atoms with van der Waals surface area (Å²) in [6.07, 6.45) is -1.56. The predicted molar refractivity (Wildman–Crippen MR) is 146 cm³/mol. The number of nitrogens with one attached hydrogen (secondary N) is 1. The standard InChI is InChI=1S/C30H27BF2N2O4/c1-30(2,3)39-29(37)34-14-25-26(31)24-13-20(12-23(27(24)38-25)18-8-10-21(32)11-9-18)17-4-6-19(7-5-17)28(36)35-15-22(33)16-35/h4-13,22H,14-16H2,1-3H3,(H,34,37). The molecule has 3 aromatic carbocycles. The van der Waals surface area contributed by atoms with E-state index in [-0.39, 0.29) is 31.4 Å². The second-order valence-electron chi connectivity index (χ2n) is 10.6. The van der Waals surface area contributed by atoms with Crippen LogP contribution in [0.25, 0.3) is 33.2 Å². The number of nitrogens with zero attached hydrogens (tertiary/aromatic N) is 1. The highest BCUT2D eigenvalue weighted by Gasteiger charge is 2.31. The fraction of sp³-hybridized carbons (Fsp3) is 0.267. The van der Waals surface area contributed by atoms with Gasteiger partial charge in [-0.05, 0) is 79.3 Å². The van der Waals surface area contributed by atoms with Crippen LogP contribution in [-0.4, -0.2) is 49.6 Å². The smallest absolute Gasteiger partial charge is 0.408 e. The molecule has 198 valence electrons. The van der Waals surface area contributed by atoms with Crippen molar-refractivity contribution in [2.24, 2.45) is 0 Å². The summed E-state index contributed by atoms with van der Waals surface area (Å²) < 4.78 is 38.3. The summed E-state index contributed by atoms with van der Waals surface area (Å²) in [5, 5.41) is 3.29. The molecule has 4 aromatic rings. The zero-order valence-corrected chi connectivity index (χ0v) is 21.9. The van der Waals surface area contributed by atoms with Crippen molar-refractivity contribution in [2.75, 3.05) is 13.1 Å². The van der Waals surface area contributed by atoms with Crippen LogP contribution in [0.15, 0.2) is 65.1 Å². The molecule has 1 aliphatic rings. The Labute approximate surface area is 226 Å². The molecule has 0 spiro atoms. The number of benzene rings is 3. The number of ether oxygens (including phenoxy) is 1. The maximum absolute atomic E-state index is 13.7. The first kappa shape index (κ1) is 26.5. The first-order valence-corrected chi connectivity index (χ1v) is 12.6. The van der Waals surface area contributed by atoms with E-state index in [1.807, 2.05) is 24.3 Å². The highest BCUT2D eigenvalue weighted by molar-refractivity contribution is 6.40. The minimum atomic E-state index is -0.963. The molecule has 1 fully saturated rings. The van der Waals surface area contributed by atoms with Gasteiger partial charge in [-0.3, -0.25) is 4.79 Å². The molecule has 1 aliphatic heterocycles. The molecule has 0 saturated carbocycles. The van der Waals surface area contributed by atoms with Crippen LogP contribution in [0.5, 0.6) is 0 Å². The number of fused-ring (bicyclic) bond motifs is 1. The summed E-state index contributed by atoms with van der Waals surface area (Å²) in [6.45, 7) is 5.55. The lowest BCUT2D eigenvalue weighted by Crippen LogP contribution is -2.51. The van der Waals surface area contributed by atoms with Crippen molar-refractivity contribution in [3.63, 3.8) is 0 Å². The summed E-state index contributed by atoms with van der Waals surface area (Å²) in [6, 6.07) is 16.9. The molecule has 39 heavy (non-hydrogen) atoms. The van der Waals surface area contributed by atoms with E-state index in [2.05, 4.69) is 5.32 Å². The molecule has 1 aromatic heterocycles. The first-order valence-electron chi connectivity index (χ1n) is 12.6. The Bertz CT molecular complexity index is 1540. The van der Waals surface area contributed by atoms with Crippen molar-refractivity contribution < 1.29 is 27.5 Å². The van der Waals surface area contributed by atoms with Gasteiger partial charge in [0.05, 0.1) is 19.6 Å². The maximum atomic E-state index is 13.7. The van der Waals surface area contributed by atoms with Crippen LogP contribution in [0.3, 0.4) is 0 Å². The van der Waals surface area contributed by atoms with Gasteiger partial charge in [0.2, 0.25) is 0 Å². The summed E-state index contributed by atoms with van der Waals surface area (Å²) in [4.78, 5) is 26.2. The molecule has 1 saturated heterocycles. The summed E-state index contributed by atoms with van der Waals surface area (Å²) >= 11 is 0. The van der Waals surface area contributed by atoms with Gasteiger partial charge in [0.15, 0.2) is 0 Å². The van der Waals surface area contributed by atoms with Crippen LogP contribution in [0, 0.1) is 5.82 Å². The zero-order valence-electron chi connectivity index (χ0n) is 21.9. The third-order valence-corrected chi connectivity index (χ3v) is 6.44. The lowest BCUT2D eigenvalue weighted by atomic mass is 9.88. The molecule has 0 unspecified atom stereocenters. The molecular formula is C30H27BF2N2O4. The number of hydrogen-bond donors (Lipinski definition) is 1. The molecule has 0 bridgehead atoms. The average Bonchev–Trinajstić information content (AvgIpc) is 3.19. The average molecular weight is 528 g/mol. The fourth-order valence-electron chi connectivity index (χ4n) is 4.45. The zero-order chi connectivity index (χ0) is 27.9. The van der Waals surface area contributed by atoms with Gasteiger partial charge in [-0.15, -0.1) is 0 Å². The quantitative estimate of drug-likeness (QED) is 0.347. The SMILES string of the molecule is [B]c1c(CNC(=O)OC(C)(C)C)oc2c(-c3ccc(F)cc3)cc(-c3ccc(C(=O)N4CC(F)C4)cc3)cc12. The van der Waals surface area contributed by atoms with E-state index in [1.54, 1.807) is 45.0 Å². The van der Waals surface area contributed by atoms with Gasteiger partial charge in [0.1, 0.15) is 36.8 Å². The van der Waals surface area contributed by atoms with Crippen LogP contribution in [0.4, 0.5) is 13.6 Å². The molecule has 0 aliphatic carbocycles. The van der Waals surface area contributed by atoms with Gasteiger partial charge in [0, 0.05) is 16.5 Å².